The third kappa shape index (κ3) is 1.64. The standard InChI is InChI=1S/C10H12ClNO/c1-12-3-2-9-7(6-12)4-8(13)5-10(9)11/h4-5,13H,2-3,6H2,1H3. The molecule has 1 aliphatic heterocycles. The van der Waals surface area contributed by atoms with Gasteiger partial charge in [0.2, 0.25) is 0 Å². The van der Waals surface area contributed by atoms with Gasteiger partial charge in [0.05, 0.1) is 0 Å². The van der Waals surface area contributed by atoms with Crippen molar-refractivity contribution in [1.29, 1.82) is 0 Å². The van der Waals surface area contributed by atoms with Gasteiger partial charge in [0.1, 0.15) is 5.75 Å². The summed E-state index contributed by atoms with van der Waals surface area (Å²) >= 11 is 6.02. The maximum atomic E-state index is 9.35. The molecule has 3 heteroatoms. The highest BCUT2D eigenvalue weighted by molar-refractivity contribution is 6.31. The molecule has 0 aliphatic carbocycles. The average molecular weight is 198 g/mol. The van der Waals surface area contributed by atoms with Crippen molar-refractivity contribution in [1.82, 2.24) is 4.90 Å². The van der Waals surface area contributed by atoms with Crippen LogP contribution in [0.15, 0.2) is 12.1 Å². The van der Waals surface area contributed by atoms with E-state index in [9.17, 15) is 5.11 Å². The van der Waals surface area contributed by atoms with Crippen LogP contribution in [0.4, 0.5) is 0 Å². The maximum Gasteiger partial charge on any atom is 0.117 e. The highest BCUT2D eigenvalue weighted by atomic mass is 35.5. The molecule has 2 rings (SSSR count). The summed E-state index contributed by atoms with van der Waals surface area (Å²) < 4.78 is 0. The van der Waals surface area contributed by atoms with Gasteiger partial charge in [0.15, 0.2) is 0 Å². The second kappa shape index (κ2) is 3.20. The van der Waals surface area contributed by atoms with Crippen molar-refractivity contribution in [3.63, 3.8) is 0 Å². The Morgan fingerprint density at radius 2 is 2.23 bits per heavy atom. The van der Waals surface area contributed by atoms with Gasteiger partial charge in [-0.3, -0.25) is 0 Å². The van der Waals surface area contributed by atoms with E-state index >= 15 is 0 Å². The summed E-state index contributed by atoms with van der Waals surface area (Å²) in [5.74, 6) is 0.263. The van der Waals surface area contributed by atoms with Crippen LogP contribution in [0.2, 0.25) is 5.02 Å². The number of halogens is 1. The van der Waals surface area contributed by atoms with Crippen LogP contribution in [-0.2, 0) is 13.0 Å². The van der Waals surface area contributed by atoms with Crippen molar-refractivity contribution >= 4 is 11.6 Å². The van der Waals surface area contributed by atoms with E-state index in [4.69, 9.17) is 11.6 Å². The molecule has 1 aromatic carbocycles. The van der Waals surface area contributed by atoms with Crippen LogP contribution >= 0.6 is 11.6 Å². The van der Waals surface area contributed by atoms with E-state index in [1.807, 2.05) is 0 Å². The molecule has 0 radical (unpaired) electrons. The second-order valence-corrected chi connectivity index (χ2v) is 3.96. The molecule has 0 aromatic heterocycles. The highest BCUT2D eigenvalue weighted by Gasteiger charge is 2.16. The van der Waals surface area contributed by atoms with E-state index < -0.39 is 0 Å². The molecular formula is C10H12ClNO. The van der Waals surface area contributed by atoms with E-state index in [2.05, 4.69) is 11.9 Å². The lowest BCUT2D eigenvalue weighted by atomic mass is 10.00. The topological polar surface area (TPSA) is 23.5 Å². The molecule has 0 saturated heterocycles. The van der Waals surface area contributed by atoms with Gasteiger partial charge < -0.3 is 10.0 Å². The first-order valence-corrected chi connectivity index (χ1v) is 4.73. The number of hydrogen-bond donors (Lipinski definition) is 1. The van der Waals surface area contributed by atoms with E-state index in [1.165, 1.54) is 5.56 Å². The Bertz CT molecular complexity index is 338. The fraction of sp³-hybridized carbons (Fsp3) is 0.400. The first-order valence-electron chi connectivity index (χ1n) is 4.35. The van der Waals surface area contributed by atoms with Gasteiger partial charge in [-0.1, -0.05) is 11.6 Å². The average Bonchev–Trinajstić information content (AvgIpc) is 2.02. The number of likely N-dealkylation sites (N-methyl/N-ethyl adjacent to an activating group) is 1. The largest absolute Gasteiger partial charge is 0.508 e. The zero-order chi connectivity index (χ0) is 9.42. The number of benzene rings is 1. The van der Waals surface area contributed by atoms with Gasteiger partial charge in [-0.2, -0.15) is 0 Å². The van der Waals surface area contributed by atoms with E-state index in [1.54, 1.807) is 12.1 Å². The van der Waals surface area contributed by atoms with E-state index in [0.717, 1.165) is 25.1 Å². The lowest BCUT2D eigenvalue weighted by Gasteiger charge is -2.25. The number of aromatic hydroxyl groups is 1. The molecule has 0 fully saturated rings. The van der Waals surface area contributed by atoms with Crippen LogP contribution in [0, 0.1) is 0 Å². The van der Waals surface area contributed by atoms with Gasteiger partial charge >= 0.3 is 0 Å². The minimum atomic E-state index is 0.263. The summed E-state index contributed by atoms with van der Waals surface area (Å²) in [7, 11) is 2.07. The first-order chi connectivity index (χ1) is 6.16. The number of fused-ring (bicyclic) bond motifs is 1. The number of phenols is 1. The fourth-order valence-corrected chi connectivity index (χ4v) is 2.10. The van der Waals surface area contributed by atoms with Gasteiger partial charge in [-0.25, -0.2) is 0 Å². The summed E-state index contributed by atoms with van der Waals surface area (Å²) in [5, 5.41) is 10.0. The van der Waals surface area contributed by atoms with Crippen LogP contribution < -0.4 is 0 Å². The van der Waals surface area contributed by atoms with Crippen molar-refractivity contribution in [3.05, 3.63) is 28.3 Å². The fourth-order valence-electron chi connectivity index (χ4n) is 1.77. The molecular weight excluding hydrogens is 186 g/mol. The minimum Gasteiger partial charge on any atom is -0.508 e. The Balaban J connectivity index is 2.47. The quantitative estimate of drug-likeness (QED) is 0.688. The number of rotatable bonds is 0. The molecule has 0 amide bonds. The van der Waals surface area contributed by atoms with Crippen molar-refractivity contribution in [3.8, 4) is 5.75 Å². The molecule has 0 spiro atoms. The second-order valence-electron chi connectivity index (χ2n) is 3.55. The molecule has 13 heavy (non-hydrogen) atoms. The third-order valence-electron chi connectivity index (χ3n) is 2.46. The number of hydrogen-bond acceptors (Lipinski definition) is 2. The molecule has 0 unspecified atom stereocenters. The number of nitrogens with zero attached hydrogens (tertiary/aromatic N) is 1. The molecule has 1 aliphatic rings. The smallest absolute Gasteiger partial charge is 0.117 e. The van der Waals surface area contributed by atoms with Gasteiger partial charge in [0.25, 0.3) is 0 Å². The molecule has 0 atom stereocenters. The Hall–Kier alpha value is -0.730. The Morgan fingerprint density at radius 1 is 1.46 bits per heavy atom. The predicted octanol–water partition coefficient (Wildman–Crippen LogP) is 2.03. The predicted molar refractivity (Wildman–Crippen MR) is 53.2 cm³/mol. The highest BCUT2D eigenvalue weighted by Crippen LogP contribution is 2.29. The monoisotopic (exact) mass is 197 g/mol. The number of phenolic OH excluding ortho intramolecular Hbond substituents is 1. The van der Waals surface area contributed by atoms with Crippen molar-refractivity contribution in [2.24, 2.45) is 0 Å². The lowest BCUT2D eigenvalue weighted by molar-refractivity contribution is 0.312. The molecule has 1 heterocycles. The SMILES string of the molecule is CN1CCc2c(Cl)cc(O)cc2C1. The molecule has 2 nitrogen and oxygen atoms in total. The van der Waals surface area contributed by atoms with Crippen molar-refractivity contribution in [2.75, 3.05) is 13.6 Å². The van der Waals surface area contributed by atoms with Crippen molar-refractivity contribution < 1.29 is 5.11 Å². The molecule has 0 saturated carbocycles. The zero-order valence-corrected chi connectivity index (χ0v) is 8.30. The Kier molecular flexibility index (Phi) is 2.18. The Labute approximate surface area is 82.7 Å². The summed E-state index contributed by atoms with van der Waals surface area (Å²) in [5.41, 5.74) is 2.34. The summed E-state index contributed by atoms with van der Waals surface area (Å²) in [6.07, 6.45) is 0.977. The molecule has 0 bridgehead atoms. The minimum absolute atomic E-state index is 0.263. The van der Waals surface area contributed by atoms with Crippen LogP contribution in [0.1, 0.15) is 11.1 Å². The van der Waals surface area contributed by atoms with E-state index in [-0.39, 0.29) is 5.75 Å². The molecule has 70 valence electrons. The Morgan fingerprint density at radius 3 is 3.00 bits per heavy atom. The molecule has 1 aromatic rings. The summed E-state index contributed by atoms with van der Waals surface area (Å²) in [4.78, 5) is 2.22. The normalized spacial score (nSPS) is 17.1. The third-order valence-corrected chi connectivity index (χ3v) is 2.79. The van der Waals surface area contributed by atoms with Crippen molar-refractivity contribution in [2.45, 2.75) is 13.0 Å². The van der Waals surface area contributed by atoms with Gasteiger partial charge in [-0.05, 0) is 36.7 Å². The van der Waals surface area contributed by atoms with E-state index in [0.29, 0.717) is 5.02 Å². The van der Waals surface area contributed by atoms with Gasteiger partial charge in [-0.15, -0.1) is 0 Å². The van der Waals surface area contributed by atoms with Crippen LogP contribution in [0.3, 0.4) is 0 Å². The van der Waals surface area contributed by atoms with Crippen LogP contribution in [-0.4, -0.2) is 23.6 Å². The lowest BCUT2D eigenvalue weighted by Crippen LogP contribution is -2.26. The zero-order valence-electron chi connectivity index (χ0n) is 7.55. The van der Waals surface area contributed by atoms with Gasteiger partial charge in [0, 0.05) is 18.1 Å². The maximum absolute atomic E-state index is 9.35. The summed E-state index contributed by atoms with van der Waals surface area (Å²) in [6.45, 7) is 1.92. The first kappa shape index (κ1) is 8.85. The van der Waals surface area contributed by atoms with Crippen LogP contribution in [0.5, 0.6) is 5.75 Å². The summed E-state index contributed by atoms with van der Waals surface area (Å²) in [6, 6.07) is 3.42. The molecule has 1 N–H and O–H groups in total. The van der Waals surface area contributed by atoms with Crippen LogP contribution in [0.25, 0.3) is 0 Å².